The van der Waals surface area contributed by atoms with Gasteiger partial charge in [0.2, 0.25) is 11.0 Å². The first-order valence-electron chi connectivity index (χ1n) is 5.89. The van der Waals surface area contributed by atoms with Gasteiger partial charge in [0, 0.05) is 0 Å². The molecule has 0 saturated carbocycles. The predicted molar refractivity (Wildman–Crippen MR) is 73.9 cm³/mol. The number of hydrogen-bond acceptors (Lipinski definition) is 6. The number of phenols is 1. The van der Waals surface area contributed by atoms with Crippen LogP contribution in [0.4, 0.5) is 0 Å². The quantitative estimate of drug-likeness (QED) is 0.774. The maximum atomic E-state index is 12.5. The average molecular weight is 309 g/mol. The summed E-state index contributed by atoms with van der Waals surface area (Å²) in [5.74, 6) is -1.47. The standard InChI is InChI=1S/C14H9ClO6/c1-20-13(18)14(19)9(15)5-8-11(14)12(17)10-6(16)3-2-4-7(10)21-8/h2-5,16,19H,1H3. The fraction of sp³-hybridized carbons (Fsp3) is 0.143. The Morgan fingerprint density at radius 2 is 2.14 bits per heavy atom. The molecule has 108 valence electrons. The molecule has 1 aliphatic rings. The van der Waals surface area contributed by atoms with Gasteiger partial charge in [-0.25, -0.2) is 4.79 Å². The van der Waals surface area contributed by atoms with E-state index in [1.54, 1.807) is 0 Å². The Hall–Kier alpha value is -2.31. The van der Waals surface area contributed by atoms with E-state index < -0.39 is 17.0 Å². The molecular weight excluding hydrogens is 300 g/mol. The third kappa shape index (κ3) is 1.63. The van der Waals surface area contributed by atoms with E-state index in [0.717, 1.165) is 7.11 Å². The number of carbonyl (C=O) groups excluding carboxylic acids is 1. The first kappa shape index (κ1) is 13.7. The molecule has 6 nitrogen and oxygen atoms in total. The third-order valence-electron chi connectivity index (χ3n) is 3.37. The monoisotopic (exact) mass is 308 g/mol. The summed E-state index contributed by atoms with van der Waals surface area (Å²) in [6, 6.07) is 4.28. The van der Waals surface area contributed by atoms with Gasteiger partial charge < -0.3 is 19.4 Å². The fourth-order valence-electron chi connectivity index (χ4n) is 2.37. The van der Waals surface area contributed by atoms with Gasteiger partial charge in [-0.3, -0.25) is 4.79 Å². The minimum absolute atomic E-state index is 0.0454. The lowest BCUT2D eigenvalue weighted by molar-refractivity contribution is -0.158. The van der Waals surface area contributed by atoms with E-state index >= 15 is 0 Å². The van der Waals surface area contributed by atoms with Gasteiger partial charge in [-0.15, -0.1) is 0 Å². The van der Waals surface area contributed by atoms with Crippen LogP contribution in [0.2, 0.25) is 0 Å². The van der Waals surface area contributed by atoms with E-state index in [1.165, 1.54) is 24.3 Å². The molecule has 1 atom stereocenters. The number of halogens is 1. The second-order valence-electron chi connectivity index (χ2n) is 4.51. The highest BCUT2D eigenvalue weighted by molar-refractivity contribution is 6.35. The second kappa shape index (κ2) is 4.34. The molecule has 21 heavy (non-hydrogen) atoms. The number of benzene rings is 1. The summed E-state index contributed by atoms with van der Waals surface area (Å²) >= 11 is 5.89. The molecule has 1 aromatic heterocycles. The van der Waals surface area contributed by atoms with Gasteiger partial charge in [0.25, 0.3) is 0 Å². The lowest BCUT2D eigenvalue weighted by atomic mass is 9.96. The van der Waals surface area contributed by atoms with Crippen molar-refractivity contribution in [3.05, 3.63) is 44.8 Å². The molecule has 1 unspecified atom stereocenters. The smallest absolute Gasteiger partial charge is 0.348 e. The van der Waals surface area contributed by atoms with Crippen LogP contribution in [0, 0.1) is 0 Å². The third-order valence-corrected chi connectivity index (χ3v) is 3.75. The molecular formula is C14H9ClO6. The molecule has 2 aromatic rings. The molecule has 0 bridgehead atoms. The molecule has 0 aliphatic heterocycles. The predicted octanol–water partition coefficient (Wildman–Crippen LogP) is 1.45. The van der Waals surface area contributed by atoms with E-state index in [-0.39, 0.29) is 33.1 Å². The van der Waals surface area contributed by atoms with Gasteiger partial charge in [0.1, 0.15) is 22.5 Å². The molecule has 1 aromatic carbocycles. The zero-order chi connectivity index (χ0) is 15.4. The number of carbonyl (C=O) groups is 1. The summed E-state index contributed by atoms with van der Waals surface area (Å²) in [7, 11) is 1.06. The number of fused-ring (bicyclic) bond motifs is 2. The zero-order valence-corrected chi connectivity index (χ0v) is 11.5. The normalized spacial score (nSPS) is 20.2. The number of esters is 1. The highest BCUT2D eigenvalue weighted by Crippen LogP contribution is 2.42. The van der Waals surface area contributed by atoms with Crippen molar-refractivity contribution in [2.45, 2.75) is 5.60 Å². The number of hydrogen-bond donors (Lipinski definition) is 2. The minimum atomic E-state index is -2.43. The van der Waals surface area contributed by atoms with Crippen LogP contribution >= 0.6 is 11.6 Å². The molecule has 0 radical (unpaired) electrons. The Labute approximate surface area is 122 Å². The summed E-state index contributed by atoms with van der Waals surface area (Å²) in [5, 5.41) is 19.9. The molecule has 0 amide bonds. The molecule has 0 fully saturated rings. The minimum Gasteiger partial charge on any atom is -0.507 e. The SMILES string of the molecule is COC(=O)C1(O)C(Cl)=Cc2oc3cccc(O)c3c(=O)c21. The Kier molecular flexibility index (Phi) is 2.82. The van der Waals surface area contributed by atoms with Crippen molar-refractivity contribution in [1.82, 2.24) is 0 Å². The Morgan fingerprint density at radius 1 is 1.43 bits per heavy atom. The lowest BCUT2D eigenvalue weighted by Gasteiger charge is -2.20. The Morgan fingerprint density at radius 3 is 2.81 bits per heavy atom. The van der Waals surface area contributed by atoms with Crippen LogP contribution in [-0.2, 0) is 15.1 Å². The fourth-order valence-corrected chi connectivity index (χ4v) is 2.64. The molecule has 7 heteroatoms. The average Bonchev–Trinajstić information content (AvgIpc) is 2.70. The molecule has 0 spiro atoms. The number of rotatable bonds is 1. The first-order chi connectivity index (χ1) is 9.91. The molecule has 1 aliphatic carbocycles. The largest absolute Gasteiger partial charge is 0.507 e. The van der Waals surface area contributed by atoms with Gasteiger partial charge in [0.05, 0.1) is 17.7 Å². The number of ether oxygens (including phenoxy) is 1. The van der Waals surface area contributed by atoms with E-state index in [1.807, 2.05) is 0 Å². The molecule has 1 heterocycles. The van der Waals surface area contributed by atoms with Gasteiger partial charge in [-0.2, -0.15) is 0 Å². The van der Waals surface area contributed by atoms with Crippen molar-refractivity contribution in [1.29, 1.82) is 0 Å². The van der Waals surface area contributed by atoms with Crippen molar-refractivity contribution in [2.24, 2.45) is 0 Å². The van der Waals surface area contributed by atoms with Gasteiger partial charge >= 0.3 is 5.97 Å². The molecule has 2 N–H and O–H groups in total. The van der Waals surface area contributed by atoms with Crippen LogP contribution < -0.4 is 5.43 Å². The van der Waals surface area contributed by atoms with Crippen LogP contribution in [0.3, 0.4) is 0 Å². The zero-order valence-electron chi connectivity index (χ0n) is 10.7. The first-order valence-corrected chi connectivity index (χ1v) is 6.26. The number of aromatic hydroxyl groups is 1. The number of phenolic OH excluding ortho intramolecular Hbond substituents is 1. The van der Waals surface area contributed by atoms with Crippen molar-refractivity contribution in [2.75, 3.05) is 7.11 Å². The van der Waals surface area contributed by atoms with Crippen molar-refractivity contribution < 1.29 is 24.2 Å². The van der Waals surface area contributed by atoms with E-state index in [4.69, 9.17) is 16.0 Å². The number of methoxy groups -OCH3 is 1. The van der Waals surface area contributed by atoms with Crippen LogP contribution in [0.25, 0.3) is 17.0 Å². The summed E-state index contributed by atoms with van der Waals surface area (Å²) in [6.45, 7) is 0. The Bertz CT molecular complexity index is 866. The van der Waals surface area contributed by atoms with E-state index in [2.05, 4.69) is 4.74 Å². The summed E-state index contributed by atoms with van der Waals surface area (Å²) in [6.07, 6.45) is 1.18. The van der Waals surface area contributed by atoms with Crippen LogP contribution in [-0.4, -0.2) is 23.3 Å². The Balaban J connectivity index is 2.45. The van der Waals surface area contributed by atoms with E-state index in [9.17, 15) is 19.8 Å². The van der Waals surface area contributed by atoms with Gasteiger partial charge in [-0.1, -0.05) is 17.7 Å². The highest BCUT2D eigenvalue weighted by Gasteiger charge is 2.51. The molecule has 3 rings (SSSR count). The topological polar surface area (TPSA) is 97.0 Å². The van der Waals surface area contributed by atoms with Crippen LogP contribution in [0.1, 0.15) is 11.3 Å². The lowest BCUT2D eigenvalue weighted by Crippen LogP contribution is -2.39. The van der Waals surface area contributed by atoms with Crippen molar-refractivity contribution in [3.8, 4) is 5.75 Å². The van der Waals surface area contributed by atoms with Crippen LogP contribution in [0.15, 0.2) is 32.4 Å². The summed E-state index contributed by atoms with van der Waals surface area (Å²) < 4.78 is 9.94. The molecule has 0 saturated heterocycles. The number of aliphatic hydroxyl groups is 1. The van der Waals surface area contributed by atoms with E-state index in [0.29, 0.717) is 0 Å². The van der Waals surface area contributed by atoms with Crippen molar-refractivity contribution >= 4 is 34.6 Å². The summed E-state index contributed by atoms with van der Waals surface area (Å²) in [4.78, 5) is 24.4. The van der Waals surface area contributed by atoms with Crippen molar-refractivity contribution in [3.63, 3.8) is 0 Å². The van der Waals surface area contributed by atoms with Crippen LogP contribution in [0.5, 0.6) is 5.75 Å². The van der Waals surface area contributed by atoms with Gasteiger partial charge in [-0.05, 0) is 18.2 Å². The maximum absolute atomic E-state index is 12.5. The maximum Gasteiger partial charge on any atom is 0.348 e. The second-order valence-corrected chi connectivity index (χ2v) is 4.92. The summed E-state index contributed by atoms with van der Waals surface area (Å²) in [5.41, 5.74) is -3.42. The highest BCUT2D eigenvalue weighted by atomic mass is 35.5. The van der Waals surface area contributed by atoms with Gasteiger partial charge in [0.15, 0.2) is 0 Å².